The molecule has 3 aromatic rings. The number of halogens is 1. The van der Waals surface area contributed by atoms with Gasteiger partial charge in [-0.1, -0.05) is 12.1 Å². The molecule has 6 nitrogen and oxygen atoms in total. The minimum absolute atomic E-state index is 0.0227. The second kappa shape index (κ2) is 9.98. The summed E-state index contributed by atoms with van der Waals surface area (Å²) < 4.78 is 19.0. The van der Waals surface area contributed by atoms with Gasteiger partial charge >= 0.3 is 0 Å². The minimum atomic E-state index is -0.248. The predicted octanol–water partition coefficient (Wildman–Crippen LogP) is 4.18. The summed E-state index contributed by atoms with van der Waals surface area (Å²) in [4.78, 5) is 26.5. The zero-order chi connectivity index (χ0) is 23.4. The summed E-state index contributed by atoms with van der Waals surface area (Å²) in [6.07, 6.45) is 1.40. The van der Waals surface area contributed by atoms with Crippen molar-refractivity contribution < 1.29 is 13.9 Å². The summed E-state index contributed by atoms with van der Waals surface area (Å²) in [7, 11) is 1.61. The number of anilines is 1. The van der Waals surface area contributed by atoms with Crippen LogP contribution in [0, 0.1) is 19.7 Å². The van der Waals surface area contributed by atoms with Crippen LogP contribution in [0.1, 0.15) is 39.4 Å². The molecule has 1 aromatic heterocycles. The number of carbonyl (C=O) groups is 1. The number of ether oxygens (including phenoxy) is 1. The molecule has 0 spiro atoms. The monoisotopic (exact) mass is 448 g/mol. The molecule has 4 rings (SSSR count). The Hall–Kier alpha value is -3.48. The maximum absolute atomic E-state index is 13.8. The Morgan fingerprint density at radius 3 is 2.55 bits per heavy atom. The van der Waals surface area contributed by atoms with Gasteiger partial charge in [-0.15, -0.1) is 0 Å². The number of carbonyl (C=O) groups excluding carboxylic acids is 1. The van der Waals surface area contributed by atoms with E-state index in [1.165, 1.54) is 6.07 Å². The van der Waals surface area contributed by atoms with Crippen LogP contribution >= 0.6 is 0 Å². The minimum Gasteiger partial charge on any atom is -0.497 e. The smallest absolute Gasteiger partial charge is 0.253 e. The van der Waals surface area contributed by atoms with Crippen molar-refractivity contribution in [2.24, 2.45) is 0 Å². The Morgan fingerprint density at radius 2 is 1.82 bits per heavy atom. The van der Waals surface area contributed by atoms with Crippen molar-refractivity contribution in [3.63, 3.8) is 0 Å². The number of aromatic nitrogens is 2. The zero-order valence-electron chi connectivity index (χ0n) is 19.3. The molecule has 1 aliphatic heterocycles. The van der Waals surface area contributed by atoms with Crippen molar-refractivity contribution in [2.75, 3.05) is 38.2 Å². The van der Waals surface area contributed by atoms with Gasteiger partial charge in [-0.2, -0.15) is 0 Å². The van der Waals surface area contributed by atoms with Crippen LogP contribution in [0.2, 0.25) is 0 Å². The van der Waals surface area contributed by atoms with Crippen LogP contribution in [0.25, 0.3) is 0 Å². The Balaban J connectivity index is 1.54. The van der Waals surface area contributed by atoms with Crippen LogP contribution in [-0.4, -0.2) is 54.1 Å². The summed E-state index contributed by atoms with van der Waals surface area (Å²) in [6, 6.07) is 13.9. The van der Waals surface area contributed by atoms with Crippen molar-refractivity contribution >= 4 is 11.7 Å². The average molecular weight is 449 g/mol. The molecule has 1 saturated heterocycles. The van der Waals surface area contributed by atoms with E-state index in [1.54, 1.807) is 31.4 Å². The summed E-state index contributed by atoms with van der Waals surface area (Å²) in [5.41, 5.74) is 3.45. The third-order valence-corrected chi connectivity index (χ3v) is 5.99. The van der Waals surface area contributed by atoms with E-state index in [0.29, 0.717) is 37.4 Å². The quantitative estimate of drug-likeness (QED) is 0.586. The van der Waals surface area contributed by atoms with Crippen LogP contribution in [0.15, 0.2) is 48.5 Å². The highest BCUT2D eigenvalue weighted by molar-refractivity contribution is 5.94. The standard InChI is InChI=1S/C26H29FN4O2/c1-18-24(17-20-6-4-7-22(27)16-20)25(29-19(2)28-18)30-12-5-13-31(15-14-30)26(32)21-8-10-23(33-3)11-9-21/h4,6-11,16H,5,12-15,17H2,1-3H3. The second-order valence-corrected chi connectivity index (χ2v) is 8.33. The lowest BCUT2D eigenvalue weighted by atomic mass is 10.0. The van der Waals surface area contributed by atoms with Gasteiger partial charge in [0.15, 0.2) is 0 Å². The van der Waals surface area contributed by atoms with Gasteiger partial charge in [0.05, 0.1) is 7.11 Å². The SMILES string of the molecule is COc1ccc(C(=O)N2CCCN(c3nc(C)nc(C)c3Cc3cccc(F)c3)CC2)cc1. The molecule has 172 valence electrons. The van der Waals surface area contributed by atoms with Crippen LogP contribution in [0.4, 0.5) is 10.2 Å². The van der Waals surface area contributed by atoms with Crippen LogP contribution in [-0.2, 0) is 6.42 Å². The fourth-order valence-corrected chi connectivity index (χ4v) is 4.29. The van der Waals surface area contributed by atoms with Gasteiger partial charge < -0.3 is 14.5 Å². The summed E-state index contributed by atoms with van der Waals surface area (Å²) in [5.74, 6) is 2.09. The molecule has 0 aliphatic carbocycles. The lowest BCUT2D eigenvalue weighted by Crippen LogP contribution is -2.35. The normalized spacial score (nSPS) is 14.2. The molecule has 0 N–H and O–H groups in total. The number of nitrogens with zero attached hydrogens (tertiary/aromatic N) is 4. The van der Waals surface area contributed by atoms with Crippen molar-refractivity contribution in [3.05, 3.63) is 82.6 Å². The number of benzene rings is 2. The van der Waals surface area contributed by atoms with E-state index in [4.69, 9.17) is 9.72 Å². The summed E-state index contributed by atoms with van der Waals surface area (Å²) in [5, 5.41) is 0. The summed E-state index contributed by atoms with van der Waals surface area (Å²) in [6.45, 7) is 6.62. The Kier molecular flexibility index (Phi) is 6.87. The van der Waals surface area contributed by atoms with Crippen molar-refractivity contribution in [1.29, 1.82) is 0 Å². The highest BCUT2D eigenvalue weighted by Gasteiger charge is 2.24. The molecular weight excluding hydrogens is 419 g/mol. The third-order valence-electron chi connectivity index (χ3n) is 5.99. The molecule has 2 aromatic carbocycles. The Morgan fingerprint density at radius 1 is 1.03 bits per heavy atom. The topological polar surface area (TPSA) is 58.6 Å². The van der Waals surface area contributed by atoms with E-state index in [1.807, 2.05) is 36.9 Å². The van der Waals surface area contributed by atoms with Crippen molar-refractivity contribution in [1.82, 2.24) is 14.9 Å². The maximum atomic E-state index is 13.8. The van der Waals surface area contributed by atoms with Gasteiger partial charge in [0, 0.05) is 49.4 Å². The van der Waals surface area contributed by atoms with E-state index in [2.05, 4.69) is 9.88 Å². The number of hydrogen-bond donors (Lipinski definition) is 0. The fourth-order valence-electron chi connectivity index (χ4n) is 4.29. The van der Waals surface area contributed by atoms with E-state index in [-0.39, 0.29) is 11.7 Å². The number of methoxy groups -OCH3 is 1. The Bertz CT molecular complexity index is 1130. The molecule has 1 amide bonds. The largest absolute Gasteiger partial charge is 0.497 e. The van der Waals surface area contributed by atoms with Gasteiger partial charge in [0.25, 0.3) is 5.91 Å². The molecule has 7 heteroatoms. The first kappa shape index (κ1) is 22.7. The molecule has 2 heterocycles. The highest BCUT2D eigenvalue weighted by atomic mass is 19.1. The van der Waals surface area contributed by atoms with E-state index < -0.39 is 0 Å². The van der Waals surface area contributed by atoms with Gasteiger partial charge in [-0.05, 0) is 62.2 Å². The molecule has 0 radical (unpaired) electrons. The van der Waals surface area contributed by atoms with Crippen LogP contribution in [0.3, 0.4) is 0 Å². The molecule has 33 heavy (non-hydrogen) atoms. The van der Waals surface area contributed by atoms with E-state index in [0.717, 1.165) is 41.4 Å². The number of aryl methyl sites for hydroxylation is 2. The molecular formula is C26H29FN4O2. The third kappa shape index (κ3) is 5.30. The molecule has 0 saturated carbocycles. The van der Waals surface area contributed by atoms with Crippen LogP contribution in [0.5, 0.6) is 5.75 Å². The number of hydrogen-bond acceptors (Lipinski definition) is 5. The van der Waals surface area contributed by atoms with Crippen LogP contribution < -0.4 is 9.64 Å². The molecule has 0 bridgehead atoms. The van der Waals surface area contributed by atoms with Gasteiger partial charge in [-0.25, -0.2) is 14.4 Å². The summed E-state index contributed by atoms with van der Waals surface area (Å²) >= 11 is 0. The van der Waals surface area contributed by atoms with Gasteiger partial charge in [0.2, 0.25) is 0 Å². The maximum Gasteiger partial charge on any atom is 0.253 e. The molecule has 0 unspecified atom stereocenters. The second-order valence-electron chi connectivity index (χ2n) is 8.33. The van der Waals surface area contributed by atoms with E-state index >= 15 is 0 Å². The molecule has 1 fully saturated rings. The van der Waals surface area contributed by atoms with Crippen molar-refractivity contribution in [3.8, 4) is 5.75 Å². The number of amides is 1. The van der Waals surface area contributed by atoms with Gasteiger partial charge in [-0.3, -0.25) is 4.79 Å². The Labute approximate surface area is 194 Å². The number of rotatable bonds is 5. The first-order valence-corrected chi connectivity index (χ1v) is 11.2. The zero-order valence-corrected chi connectivity index (χ0v) is 19.3. The van der Waals surface area contributed by atoms with Crippen molar-refractivity contribution in [2.45, 2.75) is 26.7 Å². The average Bonchev–Trinajstić information content (AvgIpc) is 3.06. The lowest BCUT2D eigenvalue weighted by molar-refractivity contribution is 0.0767. The molecule has 0 atom stereocenters. The first-order chi connectivity index (χ1) is 15.9. The van der Waals surface area contributed by atoms with E-state index in [9.17, 15) is 9.18 Å². The highest BCUT2D eigenvalue weighted by Crippen LogP contribution is 2.26. The fraction of sp³-hybridized carbons (Fsp3) is 0.346. The first-order valence-electron chi connectivity index (χ1n) is 11.2. The molecule has 1 aliphatic rings. The predicted molar refractivity (Wildman–Crippen MR) is 126 cm³/mol. The lowest BCUT2D eigenvalue weighted by Gasteiger charge is -2.26. The van der Waals surface area contributed by atoms with Gasteiger partial charge in [0.1, 0.15) is 23.2 Å².